The average molecular weight is 214 g/mol. The zero-order valence-electron chi connectivity index (χ0n) is 11.2. The zero-order valence-corrected chi connectivity index (χ0v) is 11.2. The number of ether oxygens (including phenoxy) is 1. The fourth-order valence-electron chi connectivity index (χ4n) is 2.03. The van der Waals surface area contributed by atoms with Gasteiger partial charge >= 0.3 is 0 Å². The summed E-state index contributed by atoms with van der Waals surface area (Å²) in [5.41, 5.74) is 0. The summed E-state index contributed by atoms with van der Waals surface area (Å²) in [6.45, 7) is 7.84. The first-order valence-electron chi connectivity index (χ1n) is 6.69. The molecular weight excluding hydrogens is 184 g/mol. The van der Waals surface area contributed by atoms with Crippen molar-refractivity contribution in [2.24, 2.45) is 11.8 Å². The molecule has 0 saturated heterocycles. The van der Waals surface area contributed by atoms with Gasteiger partial charge in [-0.05, 0) is 24.7 Å². The van der Waals surface area contributed by atoms with Crippen LogP contribution in [0.15, 0.2) is 0 Å². The lowest BCUT2D eigenvalue weighted by atomic mass is 9.95. The smallest absolute Gasteiger partial charge is 0.0490 e. The van der Waals surface area contributed by atoms with Crippen LogP contribution in [-0.2, 0) is 4.74 Å². The summed E-state index contributed by atoms with van der Waals surface area (Å²) in [5, 5.41) is 0. The standard InChI is InChI=1S/C14H30O/c1-5-6-10-14(12-15-4)11-8-7-9-13(2)3/h13-14H,5-12H2,1-4H3/t14-/m0/s1. The Morgan fingerprint density at radius 2 is 1.53 bits per heavy atom. The maximum atomic E-state index is 5.28. The first kappa shape index (κ1) is 15.0. The van der Waals surface area contributed by atoms with Crippen molar-refractivity contribution >= 4 is 0 Å². The molecule has 0 aromatic carbocycles. The number of hydrogen-bond acceptors (Lipinski definition) is 1. The SMILES string of the molecule is CCCC[C@@H](CCCCC(C)C)COC. The largest absolute Gasteiger partial charge is 0.384 e. The van der Waals surface area contributed by atoms with E-state index >= 15 is 0 Å². The first-order valence-corrected chi connectivity index (χ1v) is 6.69. The molecule has 0 radical (unpaired) electrons. The van der Waals surface area contributed by atoms with Crippen LogP contribution in [0.3, 0.4) is 0 Å². The molecule has 1 nitrogen and oxygen atoms in total. The Balaban J connectivity index is 3.47. The van der Waals surface area contributed by atoms with Gasteiger partial charge in [-0.15, -0.1) is 0 Å². The topological polar surface area (TPSA) is 9.23 Å². The van der Waals surface area contributed by atoms with Crippen molar-refractivity contribution < 1.29 is 4.74 Å². The predicted octanol–water partition coefficient (Wildman–Crippen LogP) is 4.66. The summed E-state index contributed by atoms with van der Waals surface area (Å²) >= 11 is 0. The maximum Gasteiger partial charge on any atom is 0.0490 e. The van der Waals surface area contributed by atoms with E-state index in [9.17, 15) is 0 Å². The lowest BCUT2D eigenvalue weighted by Crippen LogP contribution is -2.08. The minimum absolute atomic E-state index is 0.808. The second-order valence-corrected chi connectivity index (χ2v) is 5.14. The van der Waals surface area contributed by atoms with E-state index in [0.29, 0.717) is 0 Å². The van der Waals surface area contributed by atoms with Gasteiger partial charge in [0.05, 0.1) is 0 Å². The average Bonchev–Trinajstić information content (AvgIpc) is 2.20. The normalized spacial score (nSPS) is 13.4. The zero-order chi connectivity index (χ0) is 11.5. The van der Waals surface area contributed by atoms with Crippen molar-refractivity contribution in [1.82, 2.24) is 0 Å². The van der Waals surface area contributed by atoms with E-state index in [1.54, 1.807) is 0 Å². The summed E-state index contributed by atoms with van der Waals surface area (Å²) in [6.07, 6.45) is 9.55. The third-order valence-electron chi connectivity index (χ3n) is 3.01. The molecule has 0 spiro atoms. The molecule has 1 heteroatoms. The predicted molar refractivity (Wildman–Crippen MR) is 68.2 cm³/mol. The summed E-state index contributed by atoms with van der Waals surface area (Å²) in [7, 11) is 1.83. The van der Waals surface area contributed by atoms with Crippen LogP contribution in [0.1, 0.15) is 65.7 Å². The van der Waals surface area contributed by atoms with Gasteiger partial charge in [0.25, 0.3) is 0 Å². The van der Waals surface area contributed by atoms with Crippen LogP contribution in [-0.4, -0.2) is 13.7 Å². The van der Waals surface area contributed by atoms with E-state index in [0.717, 1.165) is 18.4 Å². The molecule has 0 saturated carbocycles. The molecule has 0 N–H and O–H groups in total. The van der Waals surface area contributed by atoms with Crippen LogP contribution in [0, 0.1) is 11.8 Å². The third kappa shape index (κ3) is 10.2. The molecule has 0 aromatic heterocycles. The molecule has 0 unspecified atom stereocenters. The Bertz CT molecular complexity index is 121. The summed E-state index contributed by atoms with van der Waals surface area (Å²) in [6, 6.07) is 0. The van der Waals surface area contributed by atoms with Crippen LogP contribution in [0.25, 0.3) is 0 Å². The van der Waals surface area contributed by atoms with E-state index in [-0.39, 0.29) is 0 Å². The molecule has 1 atom stereocenters. The second-order valence-electron chi connectivity index (χ2n) is 5.14. The van der Waals surface area contributed by atoms with Gasteiger partial charge in [0.15, 0.2) is 0 Å². The van der Waals surface area contributed by atoms with E-state index in [1.165, 1.54) is 44.9 Å². The van der Waals surface area contributed by atoms with E-state index < -0.39 is 0 Å². The van der Waals surface area contributed by atoms with Crippen LogP contribution in [0.4, 0.5) is 0 Å². The monoisotopic (exact) mass is 214 g/mol. The van der Waals surface area contributed by atoms with Crippen molar-refractivity contribution in [2.45, 2.75) is 65.7 Å². The molecule has 0 fully saturated rings. The van der Waals surface area contributed by atoms with Gasteiger partial charge in [0.1, 0.15) is 0 Å². The van der Waals surface area contributed by atoms with Crippen LogP contribution in [0.5, 0.6) is 0 Å². The molecule has 0 aliphatic heterocycles. The number of unbranched alkanes of at least 4 members (excludes halogenated alkanes) is 2. The number of rotatable bonds is 10. The van der Waals surface area contributed by atoms with Crippen molar-refractivity contribution in [1.29, 1.82) is 0 Å². The third-order valence-corrected chi connectivity index (χ3v) is 3.01. The van der Waals surface area contributed by atoms with Gasteiger partial charge in [-0.25, -0.2) is 0 Å². The second kappa shape index (κ2) is 10.5. The minimum Gasteiger partial charge on any atom is -0.384 e. The lowest BCUT2D eigenvalue weighted by molar-refractivity contribution is 0.140. The Kier molecular flexibility index (Phi) is 10.4. The van der Waals surface area contributed by atoms with Gasteiger partial charge in [-0.2, -0.15) is 0 Å². The maximum absolute atomic E-state index is 5.28. The summed E-state index contributed by atoms with van der Waals surface area (Å²) in [5.74, 6) is 1.67. The Morgan fingerprint density at radius 3 is 2.07 bits per heavy atom. The minimum atomic E-state index is 0.808. The van der Waals surface area contributed by atoms with Crippen LogP contribution >= 0.6 is 0 Å². The van der Waals surface area contributed by atoms with E-state index in [1.807, 2.05) is 7.11 Å². The quantitative estimate of drug-likeness (QED) is 0.481. The molecule has 92 valence electrons. The van der Waals surface area contributed by atoms with Gasteiger partial charge in [-0.3, -0.25) is 0 Å². The van der Waals surface area contributed by atoms with Crippen molar-refractivity contribution in [3.63, 3.8) is 0 Å². The van der Waals surface area contributed by atoms with Crippen molar-refractivity contribution in [2.75, 3.05) is 13.7 Å². The molecule has 0 aliphatic carbocycles. The molecular formula is C14H30O. The van der Waals surface area contributed by atoms with Gasteiger partial charge in [0.2, 0.25) is 0 Å². The van der Waals surface area contributed by atoms with Gasteiger partial charge < -0.3 is 4.74 Å². The Morgan fingerprint density at radius 1 is 0.933 bits per heavy atom. The fourth-order valence-corrected chi connectivity index (χ4v) is 2.03. The fraction of sp³-hybridized carbons (Fsp3) is 1.00. The molecule has 0 bridgehead atoms. The Hall–Kier alpha value is -0.0400. The summed E-state index contributed by atoms with van der Waals surface area (Å²) in [4.78, 5) is 0. The molecule has 15 heavy (non-hydrogen) atoms. The molecule has 0 heterocycles. The van der Waals surface area contributed by atoms with Crippen molar-refractivity contribution in [3.05, 3.63) is 0 Å². The lowest BCUT2D eigenvalue weighted by Gasteiger charge is -2.15. The number of methoxy groups -OCH3 is 1. The van der Waals surface area contributed by atoms with E-state index in [4.69, 9.17) is 4.74 Å². The highest BCUT2D eigenvalue weighted by molar-refractivity contribution is 4.59. The summed E-state index contributed by atoms with van der Waals surface area (Å²) < 4.78 is 5.28. The molecule has 0 rings (SSSR count). The molecule has 0 amide bonds. The number of hydrogen-bond donors (Lipinski definition) is 0. The van der Waals surface area contributed by atoms with Crippen molar-refractivity contribution in [3.8, 4) is 0 Å². The first-order chi connectivity index (χ1) is 7.20. The highest BCUT2D eigenvalue weighted by atomic mass is 16.5. The highest BCUT2D eigenvalue weighted by Gasteiger charge is 2.07. The van der Waals surface area contributed by atoms with Gasteiger partial charge in [0, 0.05) is 13.7 Å². The Labute approximate surface area is 96.6 Å². The molecule has 0 aromatic rings. The molecule has 0 aliphatic rings. The van der Waals surface area contributed by atoms with Crippen LogP contribution < -0.4 is 0 Å². The van der Waals surface area contributed by atoms with Crippen LogP contribution in [0.2, 0.25) is 0 Å². The van der Waals surface area contributed by atoms with E-state index in [2.05, 4.69) is 20.8 Å². The van der Waals surface area contributed by atoms with Gasteiger partial charge in [-0.1, -0.05) is 52.9 Å². The highest BCUT2D eigenvalue weighted by Crippen LogP contribution is 2.18.